The van der Waals surface area contributed by atoms with Crippen LogP contribution >= 0.6 is 0 Å². The van der Waals surface area contributed by atoms with E-state index in [1.165, 1.54) is 16.0 Å². The summed E-state index contributed by atoms with van der Waals surface area (Å²) in [6.07, 6.45) is 3.63. The quantitative estimate of drug-likeness (QED) is 0.642. The van der Waals surface area contributed by atoms with E-state index in [0.717, 1.165) is 19.4 Å². The van der Waals surface area contributed by atoms with Crippen LogP contribution in [0.25, 0.3) is 0 Å². The van der Waals surface area contributed by atoms with Crippen LogP contribution in [0.1, 0.15) is 12.8 Å². The third kappa shape index (κ3) is 2.08. The van der Waals surface area contributed by atoms with Crippen molar-refractivity contribution in [3.63, 3.8) is 0 Å². The Balaban J connectivity index is 1.64. The first-order chi connectivity index (χ1) is 10.8. The van der Waals surface area contributed by atoms with Crippen molar-refractivity contribution in [1.82, 2.24) is 25.3 Å². The van der Waals surface area contributed by atoms with Crippen molar-refractivity contribution in [3.05, 3.63) is 12.4 Å². The molecule has 118 valence electrons. The second-order valence-corrected chi connectivity index (χ2v) is 5.80. The van der Waals surface area contributed by atoms with Crippen molar-refractivity contribution < 1.29 is 14.3 Å². The van der Waals surface area contributed by atoms with E-state index in [4.69, 9.17) is 4.74 Å². The molecule has 3 fully saturated rings. The first kappa shape index (κ1) is 13.6. The molecule has 3 atom stereocenters. The maximum absolute atomic E-state index is 12.8. The molecule has 4 heterocycles. The molecule has 0 aliphatic carbocycles. The summed E-state index contributed by atoms with van der Waals surface area (Å²) in [5, 5.41) is 12.4. The molecule has 4 rings (SSSR count). The summed E-state index contributed by atoms with van der Waals surface area (Å²) in [6.45, 7) is 2.82. The van der Waals surface area contributed by atoms with Crippen molar-refractivity contribution in [2.24, 2.45) is 0 Å². The van der Waals surface area contributed by atoms with Crippen LogP contribution in [0.4, 0.5) is 0 Å². The minimum absolute atomic E-state index is 0.168. The zero-order valence-electron chi connectivity index (χ0n) is 12.1. The Morgan fingerprint density at radius 1 is 1.41 bits per heavy atom. The van der Waals surface area contributed by atoms with Crippen LogP contribution in [0.5, 0.6) is 0 Å². The van der Waals surface area contributed by atoms with E-state index in [2.05, 4.69) is 15.6 Å². The van der Waals surface area contributed by atoms with Crippen LogP contribution in [-0.2, 0) is 14.3 Å². The Kier molecular flexibility index (Phi) is 3.30. The molecule has 3 aliphatic rings. The average molecular weight is 306 g/mol. The fourth-order valence-electron chi connectivity index (χ4n) is 3.17. The molecule has 0 bridgehead atoms. The maximum Gasteiger partial charge on any atom is 0.282 e. The average Bonchev–Trinajstić information content (AvgIpc) is 2.98. The summed E-state index contributed by atoms with van der Waals surface area (Å²) in [7, 11) is 0. The minimum Gasteiger partial charge on any atom is -0.353 e. The predicted molar refractivity (Wildman–Crippen MR) is 74.4 cm³/mol. The summed E-state index contributed by atoms with van der Waals surface area (Å²) in [5.41, 5.74) is 0. The molecule has 1 aromatic rings. The van der Waals surface area contributed by atoms with Gasteiger partial charge in [0, 0.05) is 19.6 Å². The number of carbonyl (C=O) groups is 2. The zero-order chi connectivity index (χ0) is 15.1. The molecule has 0 saturated carbocycles. The summed E-state index contributed by atoms with van der Waals surface area (Å²) < 4.78 is 5.87. The molecule has 0 spiro atoms. The van der Waals surface area contributed by atoms with Crippen LogP contribution in [0, 0.1) is 0 Å². The van der Waals surface area contributed by atoms with Crippen LogP contribution in [0.3, 0.4) is 0 Å². The van der Waals surface area contributed by atoms with Crippen molar-refractivity contribution in [2.45, 2.75) is 31.1 Å². The number of ether oxygens (including phenoxy) is 1. The van der Waals surface area contributed by atoms with E-state index < -0.39 is 6.10 Å². The lowest BCUT2D eigenvalue weighted by Crippen LogP contribution is -2.70. The largest absolute Gasteiger partial charge is 0.353 e. The number of rotatable bonds is 2. The van der Waals surface area contributed by atoms with Gasteiger partial charge in [0.05, 0.1) is 24.5 Å². The van der Waals surface area contributed by atoms with E-state index in [-0.39, 0.29) is 24.0 Å². The predicted octanol–water partition coefficient (Wildman–Crippen LogP) is -1.90. The number of amides is 2. The molecule has 1 N–H and O–H groups in total. The number of hydrogen-bond donors (Lipinski definition) is 1. The van der Waals surface area contributed by atoms with Gasteiger partial charge in [0.15, 0.2) is 0 Å². The lowest BCUT2D eigenvalue weighted by molar-refractivity contribution is -0.168. The molecule has 0 radical (unpaired) electrons. The molecule has 3 saturated heterocycles. The molecule has 0 aromatic carbocycles. The highest BCUT2D eigenvalue weighted by atomic mass is 16.5. The van der Waals surface area contributed by atoms with E-state index >= 15 is 0 Å². The Bertz CT molecular complexity index is 572. The minimum atomic E-state index is -1.07. The van der Waals surface area contributed by atoms with Crippen LogP contribution in [0.2, 0.25) is 0 Å². The van der Waals surface area contributed by atoms with Crippen molar-refractivity contribution in [3.8, 4) is 0 Å². The van der Waals surface area contributed by atoms with Crippen molar-refractivity contribution in [1.29, 1.82) is 0 Å². The third-order valence-electron chi connectivity index (χ3n) is 4.49. The summed E-state index contributed by atoms with van der Waals surface area (Å²) in [6, 6.07) is -0.177. The van der Waals surface area contributed by atoms with Gasteiger partial charge in [-0.1, -0.05) is 0 Å². The van der Waals surface area contributed by atoms with E-state index in [1.54, 1.807) is 11.1 Å². The number of fused-ring (bicyclic) bond motifs is 1. The molecule has 9 heteroatoms. The van der Waals surface area contributed by atoms with Crippen molar-refractivity contribution >= 4 is 11.8 Å². The number of aromatic nitrogens is 3. The number of piperidine rings is 1. The highest BCUT2D eigenvalue weighted by molar-refractivity contribution is 6.08. The molecule has 3 unspecified atom stereocenters. The number of morpholine rings is 1. The molecular formula is C13H18N6O3. The van der Waals surface area contributed by atoms with Gasteiger partial charge in [-0.3, -0.25) is 9.59 Å². The summed E-state index contributed by atoms with van der Waals surface area (Å²) in [4.78, 5) is 28.4. The maximum atomic E-state index is 12.8. The van der Waals surface area contributed by atoms with Gasteiger partial charge in [0.25, 0.3) is 11.8 Å². The molecular weight excluding hydrogens is 288 g/mol. The number of likely N-dealkylation sites (tertiary alicyclic amines) is 1. The number of nitrogens with one attached hydrogen (secondary N) is 1. The van der Waals surface area contributed by atoms with Gasteiger partial charge in [0.1, 0.15) is 0 Å². The molecule has 3 aliphatic heterocycles. The van der Waals surface area contributed by atoms with Gasteiger partial charge < -0.3 is 15.0 Å². The second kappa shape index (κ2) is 5.33. The first-order valence-electron chi connectivity index (χ1n) is 7.60. The Morgan fingerprint density at radius 2 is 2.27 bits per heavy atom. The lowest BCUT2D eigenvalue weighted by atomic mass is 9.99. The highest BCUT2D eigenvalue weighted by Crippen LogP contribution is 2.24. The standard InChI is InChI=1S/C13H18N6O3/c20-12(17-5-1-6-17)11-13(21)19(18-7-4-15-16-18)9-8-14-3-2-10(9)22-11/h4,7,9-11,14H,1-3,5-6,8H2. The molecule has 2 amide bonds. The van der Waals surface area contributed by atoms with E-state index in [9.17, 15) is 9.59 Å². The van der Waals surface area contributed by atoms with Gasteiger partial charge >= 0.3 is 0 Å². The van der Waals surface area contributed by atoms with Gasteiger partial charge in [-0.2, -0.15) is 4.79 Å². The highest BCUT2D eigenvalue weighted by Gasteiger charge is 2.49. The smallest absolute Gasteiger partial charge is 0.282 e. The van der Waals surface area contributed by atoms with Gasteiger partial charge in [0.2, 0.25) is 6.10 Å². The fraction of sp³-hybridized carbons (Fsp3) is 0.692. The first-order valence-corrected chi connectivity index (χ1v) is 7.60. The number of nitrogens with zero attached hydrogens (tertiary/aromatic N) is 5. The van der Waals surface area contributed by atoms with Crippen LogP contribution in [0.15, 0.2) is 12.4 Å². The Labute approximate surface area is 127 Å². The van der Waals surface area contributed by atoms with Gasteiger partial charge in [-0.25, -0.2) is 5.01 Å². The topological polar surface area (TPSA) is 92.6 Å². The van der Waals surface area contributed by atoms with E-state index in [1.807, 2.05) is 0 Å². The van der Waals surface area contributed by atoms with Gasteiger partial charge in [-0.05, 0) is 24.6 Å². The van der Waals surface area contributed by atoms with Crippen molar-refractivity contribution in [2.75, 3.05) is 31.2 Å². The third-order valence-corrected chi connectivity index (χ3v) is 4.49. The fourth-order valence-corrected chi connectivity index (χ4v) is 3.17. The van der Waals surface area contributed by atoms with Gasteiger partial charge in [-0.15, -0.1) is 5.10 Å². The number of carbonyl (C=O) groups excluding carboxylic acids is 2. The lowest BCUT2D eigenvalue weighted by Gasteiger charge is -2.46. The Morgan fingerprint density at radius 3 is 2.95 bits per heavy atom. The molecule has 1 aromatic heterocycles. The monoisotopic (exact) mass is 306 g/mol. The number of hydrogen-bond acceptors (Lipinski definition) is 6. The second-order valence-electron chi connectivity index (χ2n) is 5.80. The zero-order valence-corrected chi connectivity index (χ0v) is 12.1. The molecule has 9 nitrogen and oxygen atoms in total. The summed E-state index contributed by atoms with van der Waals surface area (Å²) in [5.74, 6) is -0.606. The summed E-state index contributed by atoms with van der Waals surface area (Å²) >= 11 is 0. The van der Waals surface area contributed by atoms with Crippen LogP contribution < -0.4 is 10.3 Å². The van der Waals surface area contributed by atoms with E-state index in [0.29, 0.717) is 19.6 Å². The Hall–Kier alpha value is -2.00. The normalized spacial score (nSPS) is 31.6. The SMILES string of the molecule is O=C(C1OC2CCNCC2N(n2ccnn2)C1=O)N1CCC1. The molecule has 22 heavy (non-hydrogen) atoms. The van der Waals surface area contributed by atoms with Crippen LogP contribution in [-0.4, -0.2) is 76.2 Å².